The first-order valence-electron chi connectivity index (χ1n) is 5.05. The van der Waals surface area contributed by atoms with Crippen molar-refractivity contribution in [3.05, 3.63) is 50.9 Å². The normalized spacial score (nSPS) is 12.6. The Balaban J connectivity index is 1.92. The molecule has 2 heterocycles. The second-order valence-corrected chi connectivity index (χ2v) is 6.18. The number of hydrogen-bond donors (Lipinski definition) is 1. The van der Waals surface area contributed by atoms with Gasteiger partial charge in [-0.2, -0.15) is 0 Å². The van der Waals surface area contributed by atoms with Crippen molar-refractivity contribution in [1.82, 2.24) is 4.98 Å². The van der Waals surface area contributed by atoms with Crippen molar-refractivity contribution in [1.29, 1.82) is 0 Å². The molecule has 0 saturated carbocycles. The second-order valence-electron chi connectivity index (χ2n) is 3.63. The van der Waals surface area contributed by atoms with Crippen molar-refractivity contribution in [3.63, 3.8) is 0 Å². The number of aliphatic hydroxyl groups excluding tert-OH is 1. The van der Waals surface area contributed by atoms with Gasteiger partial charge in [0.1, 0.15) is 0 Å². The largest absolute Gasteiger partial charge is 0.392 e. The van der Waals surface area contributed by atoms with E-state index in [1.807, 2.05) is 24.3 Å². The van der Waals surface area contributed by atoms with Gasteiger partial charge in [-0.15, -0.1) is 11.3 Å². The fourth-order valence-corrected chi connectivity index (χ4v) is 3.11. The van der Waals surface area contributed by atoms with E-state index in [1.165, 1.54) is 4.88 Å². The molecular weight excluding hydrogens is 286 g/mol. The SMILES string of the molecule is OC(Cc1cccnc1)Cc1ccc(Br)s1. The van der Waals surface area contributed by atoms with Crippen LogP contribution >= 0.6 is 27.3 Å². The van der Waals surface area contributed by atoms with Gasteiger partial charge in [0.05, 0.1) is 9.89 Å². The minimum absolute atomic E-state index is 0.338. The Hall–Kier alpha value is -0.710. The third-order valence-electron chi connectivity index (χ3n) is 2.26. The molecule has 1 unspecified atom stereocenters. The van der Waals surface area contributed by atoms with Crippen LogP contribution in [0.4, 0.5) is 0 Å². The summed E-state index contributed by atoms with van der Waals surface area (Å²) < 4.78 is 1.11. The van der Waals surface area contributed by atoms with E-state index in [0.29, 0.717) is 12.8 Å². The number of thiophene rings is 1. The van der Waals surface area contributed by atoms with E-state index < -0.39 is 0 Å². The molecule has 84 valence electrons. The van der Waals surface area contributed by atoms with Crippen LogP contribution in [0.3, 0.4) is 0 Å². The Morgan fingerprint density at radius 3 is 2.81 bits per heavy atom. The van der Waals surface area contributed by atoms with E-state index in [1.54, 1.807) is 23.7 Å². The number of aliphatic hydroxyl groups is 1. The van der Waals surface area contributed by atoms with Crippen LogP contribution in [0.2, 0.25) is 0 Å². The van der Waals surface area contributed by atoms with Crippen molar-refractivity contribution in [2.24, 2.45) is 0 Å². The average Bonchev–Trinajstić information content (AvgIpc) is 2.65. The van der Waals surface area contributed by atoms with Gasteiger partial charge in [0.15, 0.2) is 0 Å². The lowest BCUT2D eigenvalue weighted by atomic mass is 10.1. The minimum atomic E-state index is -0.338. The average molecular weight is 298 g/mol. The Morgan fingerprint density at radius 1 is 1.31 bits per heavy atom. The van der Waals surface area contributed by atoms with Gasteiger partial charge in [0.25, 0.3) is 0 Å². The fraction of sp³-hybridized carbons (Fsp3) is 0.250. The molecule has 0 aliphatic heterocycles. The number of aromatic nitrogens is 1. The van der Waals surface area contributed by atoms with Crippen molar-refractivity contribution in [2.45, 2.75) is 18.9 Å². The van der Waals surface area contributed by atoms with Gasteiger partial charge in [-0.3, -0.25) is 4.98 Å². The lowest BCUT2D eigenvalue weighted by Crippen LogP contribution is -2.13. The van der Waals surface area contributed by atoms with Crippen LogP contribution in [0.1, 0.15) is 10.4 Å². The highest BCUT2D eigenvalue weighted by Crippen LogP contribution is 2.23. The van der Waals surface area contributed by atoms with E-state index in [4.69, 9.17) is 0 Å². The second kappa shape index (κ2) is 5.57. The maximum Gasteiger partial charge on any atom is 0.0701 e. The molecule has 0 aliphatic rings. The summed E-state index contributed by atoms with van der Waals surface area (Å²) >= 11 is 5.08. The zero-order valence-corrected chi connectivity index (χ0v) is 11.0. The number of nitrogens with zero attached hydrogens (tertiary/aromatic N) is 1. The van der Waals surface area contributed by atoms with Crippen LogP contribution in [-0.2, 0) is 12.8 Å². The number of rotatable bonds is 4. The topological polar surface area (TPSA) is 33.1 Å². The maximum absolute atomic E-state index is 9.93. The van der Waals surface area contributed by atoms with E-state index >= 15 is 0 Å². The molecule has 2 nitrogen and oxygen atoms in total. The van der Waals surface area contributed by atoms with Crippen molar-refractivity contribution >= 4 is 27.3 Å². The number of halogens is 1. The van der Waals surface area contributed by atoms with Crippen LogP contribution in [0, 0.1) is 0 Å². The van der Waals surface area contributed by atoms with E-state index in [9.17, 15) is 5.11 Å². The predicted octanol–water partition coefficient (Wildman–Crippen LogP) is 3.05. The molecule has 0 saturated heterocycles. The molecule has 0 amide bonds. The molecule has 0 spiro atoms. The van der Waals surface area contributed by atoms with Crippen molar-refractivity contribution in [3.8, 4) is 0 Å². The summed E-state index contributed by atoms with van der Waals surface area (Å²) in [5.41, 5.74) is 1.07. The summed E-state index contributed by atoms with van der Waals surface area (Å²) in [5.74, 6) is 0. The number of pyridine rings is 1. The molecule has 2 rings (SSSR count). The van der Waals surface area contributed by atoms with Crippen molar-refractivity contribution < 1.29 is 5.11 Å². The molecule has 16 heavy (non-hydrogen) atoms. The Morgan fingerprint density at radius 2 is 2.19 bits per heavy atom. The summed E-state index contributed by atoms with van der Waals surface area (Å²) in [6, 6.07) is 7.93. The molecule has 0 aromatic carbocycles. The molecule has 4 heteroatoms. The number of hydrogen-bond acceptors (Lipinski definition) is 3. The van der Waals surface area contributed by atoms with Gasteiger partial charge in [0.2, 0.25) is 0 Å². The molecule has 2 aromatic heterocycles. The molecule has 1 N–H and O–H groups in total. The monoisotopic (exact) mass is 297 g/mol. The molecule has 0 fully saturated rings. The molecule has 0 radical (unpaired) electrons. The lowest BCUT2D eigenvalue weighted by molar-refractivity contribution is 0.176. The van der Waals surface area contributed by atoms with E-state index in [0.717, 1.165) is 9.35 Å². The summed E-state index contributed by atoms with van der Waals surface area (Å²) in [5, 5.41) is 9.93. The lowest BCUT2D eigenvalue weighted by Gasteiger charge is -2.08. The summed E-state index contributed by atoms with van der Waals surface area (Å²) in [4.78, 5) is 5.23. The van der Waals surface area contributed by atoms with Crippen LogP contribution in [-0.4, -0.2) is 16.2 Å². The first kappa shape index (κ1) is 11.8. The highest BCUT2D eigenvalue weighted by Gasteiger charge is 2.08. The highest BCUT2D eigenvalue weighted by atomic mass is 79.9. The van der Waals surface area contributed by atoms with E-state index in [2.05, 4.69) is 20.9 Å². The van der Waals surface area contributed by atoms with Gasteiger partial charge in [-0.25, -0.2) is 0 Å². The smallest absolute Gasteiger partial charge is 0.0701 e. The summed E-state index contributed by atoms with van der Waals surface area (Å²) in [7, 11) is 0. The standard InChI is InChI=1S/C12H12BrNOS/c13-12-4-3-11(16-12)7-10(15)6-9-2-1-5-14-8-9/h1-5,8,10,15H,6-7H2. The van der Waals surface area contributed by atoms with Crippen LogP contribution < -0.4 is 0 Å². The Labute approximate surface area is 107 Å². The van der Waals surface area contributed by atoms with Gasteiger partial charge in [-0.05, 0) is 39.7 Å². The van der Waals surface area contributed by atoms with Crippen LogP contribution in [0.15, 0.2) is 40.4 Å². The summed E-state index contributed by atoms with van der Waals surface area (Å²) in [6.07, 6.45) is 4.56. The zero-order chi connectivity index (χ0) is 11.4. The molecule has 1 atom stereocenters. The van der Waals surface area contributed by atoms with Gasteiger partial charge in [-0.1, -0.05) is 6.07 Å². The summed E-state index contributed by atoms with van der Waals surface area (Å²) in [6.45, 7) is 0. The Bertz CT molecular complexity index is 443. The highest BCUT2D eigenvalue weighted by molar-refractivity contribution is 9.11. The van der Waals surface area contributed by atoms with Gasteiger partial charge < -0.3 is 5.11 Å². The van der Waals surface area contributed by atoms with Gasteiger partial charge >= 0.3 is 0 Å². The molecular formula is C12H12BrNOS. The van der Waals surface area contributed by atoms with E-state index in [-0.39, 0.29) is 6.10 Å². The molecule has 0 bridgehead atoms. The maximum atomic E-state index is 9.93. The molecule has 0 aliphatic carbocycles. The fourth-order valence-electron chi connectivity index (χ4n) is 1.56. The quantitative estimate of drug-likeness (QED) is 0.941. The molecule has 2 aromatic rings. The zero-order valence-electron chi connectivity index (χ0n) is 8.64. The van der Waals surface area contributed by atoms with Crippen LogP contribution in [0.5, 0.6) is 0 Å². The van der Waals surface area contributed by atoms with Crippen molar-refractivity contribution in [2.75, 3.05) is 0 Å². The Kier molecular flexibility index (Phi) is 4.09. The van der Waals surface area contributed by atoms with Crippen LogP contribution in [0.25, 0.3) is 0 Å². The predicted molar refractivity (Wildman–Crippen MR) is 69.7 cm³/mol. The third kappa shape index (κ3) is 3.40. The first-order valence-corrected chi connectivity index (χ1v) is 6.66. The first-order chi connectivity index (χ1) is 7.74. The third-order valence-corrected chi connectivity index (χ3v) is 3.91. The van der Waals surface area contributed by atoms with Gasteiger partial charge in [0, 0.05) is 30.1 Å². The minimum Gasteiger partial charge on any atom is -0.392 e.